The van der Waals surface area contributed by atoms with Crippen LogP contribution in [0.2, 0.25) is 0 Å². The van der Waals surface area contributed by atoms with Crippen molar-refractivity contribution in [1.29, 1.82) is 0 Å². The highest BCUT2D eigenvalue weighted by Crippen LogP contribution is 2.20. The van der Waals surface area contributed by atoms with Gasteiger partial charge in [-0.25, -0.2) is 4.98 Å². The van der Waals surface area contributed by atoms with Crippen molar-refractivity contribution in [3.63, 3.8) is 0 Å². The Morgan fingerprint density at radius 1 is 1.29 bits per heavy atom. The molecule has 0 fully saturated rings. The Morgan fingerprint density at radius 3 is 2.71 bits per heavy atom. The van der Waals surface area contributed by atoms with Crippen LogP contribution >= 0.6 is 0 Å². The number of pyridine rings is 1. The molecule has 1 aromatic heterocycles. The average Bonchev–Trinajstić information content (AvgIpc) is 2.47. The molecule has 2 N–H and O–H groups in total. The molecular weight excluding hydrogens is 292 g/mol. The minimum absolute atomic E-state index is 0.110. The van der Waals surface area contributed by atoms with Gasteiger partial charge in [0.25, 0.3) is 10.0 Å². The van der Waals surface area contributed by atoms with E-state index in [1.165, 1.54) is 18.3 Å². The van der Waals surface area contributed by atoms with Crippen molar-refractivity contribution in [3.05, 3.63) is 48.2 Å². The Morgan fingerprint density at radius 2 is 2.10 bits per heavy atom. The number of aromatic nitrogens is 1. The molecule has 0 atom stereocenters. The number of anilines is 1. The second-order valence-corrected chi connectivity index (χ2v) is 5.86. The van der Waals surface area contributed by atoms with Gasteiger partial charge >= 0.3 is 0 Å². The Bertz CT molecular complexity index is 699. The number of sulfonamides is 1. The van der Waals surface area contributed by atoms with Gasteiger partial charge in [-0.05, 0) is 30.7 Å². The van der Waals surface area contributed by atoms with E-state index in [0.29, 0.717) is 23.6 Å². The number of aliphatic hydroxyl groups is 1. The third kappa shape index (κ3) is 3.93. The topological polar surface area (TPSA) is 88.5 Å². The van der Waals surface area contributed by atoms with Gasteiger partial charge in [0, 0.05) is 12.3 Å². The van der Waals surface area contributed by atoms with Crippen LogP contribution in [-0.2, 0) is 16.6 Å². The fourth-order valence-electron chi connectivity index (χ4n) is 1.69. The van der Waals surface area contributed by atoms with Crippen LogP contribution in [-0.4, -0.2) is 25.1 Å². The van der Waals surface area contributed by atoms with Crippen LogP contribution in [0.3, 0.4) is 0 Å². The zero-order valence-electron chi connectivity index (χ0n) is 11.5. The zero-order valence-corrected chi connectivity index (χ0v) is 12.3. The quantitative estimate of drug-likeness (QED) is 0.849. The van der Waals surface area contributed by atoms with Crippen molar-refractivity contribution in [2.75, 3.05) is 11.3 Å². The summed E-state index contributed by atoms with van der Waals surface area (Å²) in [5.41, 5.74) is 0.946. The van der Waals surface area contributed by atoms with E-state index in [9.17, 15) is 8.42 Å². The van der Waals surface area contributed by atoms with E-state index in [1.54, 1.807) is 24.3 Å². The average molecular weight is 308 g/mol. The van der Waals surface area contributed by atoms with Gasteiger partial charge in [-0.15, -0.1) is 0 Å². The summed E-state index contributed by atoms with van der Waals surface area (Å²) in [6, 6.07) is 9.53. The van der Waals surface area contributed by atoms with Gasteiger partial charge in [0.1, 0.15) is 5.75 Å². The molecule has 2 rings (SSSR count). The molecule has 0 spiro atoms. The minimum atomic E-state index is -3.77. The molecule has 0 saturated heterocycles. The van der Waals surface area contributed by atoms with Crippen LogP contribution in [0.1, 0.15) is 12.5 Å². The molecule has 7 heteroatoms. The lowest BCUT2D eigenvalue weighted by molar-refractivity contribution is 0.281. The summed E-state index contributed by atoms with van der Waals surface area (Å²) in [5.74, 6) is 0.585. The molecule has 1 aromatic carbocycles. The molecule has 0 bridgehead atoms. The molecular formula is C14H16N2O4S. The number of hydrogen-bond acceptors (Lipinski definition) is 5. The van der Waals surface area contributed by atoms with Gasteiger partial charge in [0.15, 0.2) is 5.03 Å². The largest absolute Gasteiger partial charge is 0.494 e. The van der Waals surface area contributed by atoms with Crippen molar-refractivity contribution in [3.8, 4) is 5.75 Å². The van der Waals surface area contributed by atoms with Crippen molar-refractivity contribution in [2.45, 2.75) is 18.6 Å². The first kappa shape index (κ1) is 15.3. The molecule has 2 aromatic rings. The van der Waals surface area contributed by atoms with Crippen LogP contribution in [0.15, 0.2) is 47.6 Å². The van der Waals surface area contributed by atoms with E-state index in [4.69, 9.17) is 9.84 Å². The van der Waals surface area contributed by atoms with Crippen LogP contribution in [0, 0.1) is 0 Å². The molecule has 0 saturated carbocycles. The Labute approximate surface area is 123 Å². The van der Waals surface area contributed by atoms with E-state index in [2.05, 4.69) is 9.71 Å². The van der Waals surface area contributed by atoms with Gasteiger partial charge in [0.2, 0.25) is 0 Å². The summed E-state index contributed by atoms with van der Waals surface area (Å²) in [4.78, 5) is 3.83. The summed E-state index contributed by atoms with van der Waals surface area (Å²) in [6.07, 6.45) is 1.32. The smallest absolute Gasteiger partial charge is 0.279 e. The third-order valence-corrected chi connectivity index (χ3v) is 3.95. The van der Waals surface area contributed by atoms with Crippen molar-refractivity contribution in [1.82, 2.24) is 4.98 Å². The number of aliphatic hydroxyl groups excluding tert-OH is 1. The standard InChI is InChI=1S/C14H16N2O4S/c1-2-20-13-5-3-4-12(8-13)16-21(18,19)14-7-6-11(10-17)9-15-14/h3-9,16-17H,2,10H2,1H3. The molecule has 21 heavy (non-hydrogen) atoms. The predicted octanol–water partition coefficient (Wildman–Crippen LogP) is 1.77. The number of ether oxygens (including phenoxy) is 1. The van der Waals surface area contributed by atoms with E-state index in [-0.39, 0.29) is 11.6 Å². The first-order chi connectivity index (χ1) is 10.0. The van der Waals surface area contributed by atoms with Gasteiger partial charge in [-0.2, -0.15) is 8.42 Å². The molecule has 0 aliphatic heterocycles. The highest BCUT2D eigenvalue weighted by atomic mass is 32.2. The normalized spacial score (nSPS) is 11.1. The van der Waals surface area contributed by atoms with Crippen LogP contribution in [0.5, 0.6) is 5.75 Å². The maximum absolute atomic E-state index is 12.2. The molecule has 0 amide bonds. The van der Waals surface area contributed by atoms with E-state index < -0.39 is 10.0 Å². The lowest BCUT2D eigenvalue weighted by atomic mass is 10.3. The van der Waals surface area contributed by atoms with Gasteiger partial charge in [-0.1, -0.05) is 12.1 Å². The highest BCUT2D eigenvalue weighted by Gasteiger charge is 2.16. The van der Waals surface area contributed by atoms with Gasteiger partial charge in [0.05, 0.1) is 18.9 Å². The lowest BCUT2D eigenvalue weighted by Crippen LogP contribution is -2.14. The minimum Gasteiger partial charge on any atom is -0.494 e. The first-order valence-corrected chi connectivity index (χ1v) is 7.85. The lowest BCUT2D eigenvalue weighted by Gasteiger charge is -2.09. The van der Waals surface area contributed by atoms with Crippen LogP contribution < -0.4 is 9.46 Å². The summed E-state index contributed by atoms with van der Waals surface area (Å²) in [6.45, 7) is 2.17. The number of nitrogens with one attached hydrogen (secondary N) is 1. The van der Waals surface area contributed by atoms with Gasteiger partial charge < -0.3 is 9.84 Å². The summed E-state index contributed by atoms with van der Waals surface area (Å²) < 4.78 is 32.1. The van der Waals surface area contributed by atoms with Crippen molar-refractivity contribution in [2.24, 2.45) is 0 Å². The van der Waals surface area contributed by atoms with Gasteiger partial charge in [-0.3, -0.25) is 4.72 Å². The SMILES string of the molecule is CCOc1cccc(NS(=O)(=O)c2ccc(CO)cn2)c1. The van der Waals surface area contributed by atoms with E-state index >= 15 is 0 Å². The maximum atomic E-state index is 12.2. The summed E-state index contributed by atoms with van der Waals surface area (Å²) in [7, 11) is -3.77. The fourth-order valence-corrected chi connectivity index (χ4v) is 2.67. The number of hydrogen-bond donors (Lipinski definition) is 2. The highest BCUT2D eigenvalue weighted by molar-refractivity contribution is 7.92. The Balaban J connectivity index is 2.21. The summed E-state index contributed by atoms with van der Waals surface area (Å²) >= 11 is 0. The number of benzene rings is 1. The van der Waals surface area contributed by atoms with E-state index in [0.717, 1.165) is 0 Å². The second-order valence-electron chi connectivity index (χ2n) is 4.23. The number of nitrogens with zero attached hydrogens (tertiary/aromatic N) is 1. The monoisotopic (exact) mass is 308 g/mol. The zero-order chi connectivity index (χ0) is 15.3. The van der Waals surface area contributed by atoms with Crippen LogP contribution in [0.25, 0.3) is 0 Å². The first-order valence-electron chi connectivity index (χ1n) is 6.36. The predicted molar refractivity (Wildman–Crippen MR) is 78.6 cm³/mol. The Kier molecular flexibility index (Phi) is 4.77. The summed E-state index contributed by atoms with van der Waals surface area (Å²) in [5, 5.41) is 8.82. The molecule has 0 aliphatic rings. The molecule has 6 nitrogen and oxygen atoms in total. The van der Waals surface area contributed by atoms with Crippen LogP contribution in [0.4, 0.5) is 5.69 Å². The molecule has 1 heterocycles. The molecule has 0 aliphatic carbocycles. The van der Waals surface area contributed by atoms with Crippen molar-refractivity contribution >= 4 is 15.7 Å². The second kappa shape index (κ2) is 6.55. The molecule has 0 unspecified atom stereocenters. The fraction of sp³-hybridized carbons (Fsp3) is 0.214. The Hall–Kier alpha value is -2.12. The molecule has 112 valence electrons. The molecule has 0 radical (unpaired) electrons. The number of rotatable bonds is 6. The third-order valence-electron chi connectivity index (χ3n) is 2.65. The van der Waals surface area contributed by atoms with Crippen molar-refractivity contribution < 1.29 is 18.3 Å². The van der Waals surface area contributed by atoms with E-state index in [1.807, 2.05) is 6.92 Å². The maximum Gasteiger partial charge on any atom is 0.279 e.